The highest BCUT2D eigenvalue weighted by molar-refractivity contribution is 6.53. The Morgan fingerprint density at radius 2 is 1.92 bits per heavy atom. The molecule has 0 rings (SSSR count). The van der Waals surface area contributed by atoms with Crippen molar-refractivity contribution in [1.29, 1.82) is 0 Å². The summed E-state index contributed by atoms with van der Waals surface area (Å²) >= 11 is 0. The van der Waals surface area contributed by atoms with Gasteiger partial charge in [-0.1, -0.05) is 25.2 Å². The molecule has 0 amide bonds. The van der Waals surface area contributed by atoms with Gasteiger partial charge in [0.2, 0.25) is 0 Å². The molecule has 0 atom stereocenters. The number of hydrogen-bond donors (Lipinski definition) is 0. The van der Waals surface area contributed by atoms with Gasteiger partial charge in [-0.2, -0.15) is 0 Å². The molecular formula is C9H18O2Si. The molecule has 0 aromatic heterocycles. The molecule has 0 aliphatic carbocycles. The Morgan fingerprint density at radius 3 is 2.33 bits per heavy atom. The predicted molar refractivity (Wildman–Crippen MR) is 54.4 cm³/mol. The van der Waals surface area contributed by atoms with Gasteiger partial charge in [0.25, 0.3) is 0 Å². The molecule has 70 valence electrons. The van der Waals surface area contributed by atoms with Crippen molar-refractivity contribution in [3.8, 4) is 0 Å². The molecule has 2 nitrogen and oxygen atoms in total. The van der Waals surface area contributed by atoms with E-state index in [9.17, 15) is 0 Å². The Bertz CT molecular complexity index is 160. The lowest BCUT2D eigenvalue weighted by Crippen LogP contribution is -2.20. The molecule has 0 bridgehead atoms. The quantitative estimate of drug-likeness (QED) is 0.482. The van der Waals surface area contributed by atoms with Crippen LogP contribution in [0.4, 0.5) is 0 Å². The summed E-state index contributed by atoms with van der Waals surface area (Å²) in [5, 5.41) is 1.21. The molecule has 12 heavy (non-hydrogen) atoms. The van der Waals surface area contributed by atoms with Gasteiger partial charge in [-0.05, 0) is 18.5 Å². The van der Waals surface area contributed by atoms with Gasteiger partial charge < -0.3 is 8.85 Å². The molecule has 0 unspecified atom stereocenters. The minimum atomic E-state index is -1.52. The third kappa shape index (κ3) is 4.49. The first-order valence-corrected chi connectivity index (χ1v) is 5.67. The smallest absolute Gasteiger partial charge is 0.350 e. The van der Waals surface area contributed by atoms with E-state index < -0.39 is 9.28 Å². The summed E-state index contributed by atoms with van der Waals surface area (Å²) in [4.78, 5) is 0. The summed E-state index contributed by atoms with van der Waals surface area (Å²) in [5.41, 5.74) is 0. The Hall–Kier alpha value is -0.383. The molecule has 0 N–H and O–H groups in total. The Labute approximate surface area is 76.7 Å². The maximum atomic E-state index is 5.21. The molecule has 0 aliphatic heterocycles. The van der Waals surface area contributed by atoms with Crippen LogP contribution in [0.5, 0.6) is 0 Å². The van der Waals surface area contributed by atoms with Gasteiger partial charge in [0.05, 0.1) is 0 Å². The van der Waals surface area contributed by atoms with Crippen molar-refractivity contribution in [3.05, 3.63) is 23.4 Å². The second kappa shape index (κ2) is 7.28. The van der Waals surface area contributed by atoms with E-state index in [4.69, 9.17) is 8.85 Å². The highest BCUT2D eigenvalue weighted by Crippen LogP contribution is 2.01. The molecule has 0 aliphatic rings. The topological polar surface area (TPSA) is 18.5 Å². The van der Waals surface area contributed by atoms with Crippen molar-refractivity contribution in [2.75, 3.05) is 14.2 Å². The fraction of sp³-hybridized carbons (Fsp3) is 0.556. The summed E-state index contributed by atoms with van der Waals surface area (Å²) in [6.45, 7) is 4.16. The fourth-order valence-corrected chi connectivity index (χ4v) is 2.11. The number of hydrogen-bond acceptors (Lipinski definition) is 2. The third-order valence-electron chi connectivity index (χ3n) is 1.53. The molecule has 0 fully saturated rings. The summed E-state index contributed by atoms with van der Waals surface area (Å²) in [6.07, 6.45) is 7.29. The van der Waals surface area contributed by atoms with Gasteiger partial charge >= 0.3 is 9.28 Å². The van der Waals surface area contributed by atoms with Crippen molar-refractivity contribution in [2.24, 2.45) is 0 Å². The summed E-state index contributed by atoms with van der Waals surface area (Å²) < 4.78 is 10.4. The minimum absolute atomic E-state index is 1.07. The van der Waals surface area contributed by atoms with Crippen molar-refractivity contribution >= 4 is 9.28 Å². The van der Waals surface area contributed by atoms with E-state index in [0.29, 0.717) is 0 Å². The van der Waals surface area contributed by atoms with Crippen molar-refractivity contribution in [2.45, 2.75) is 20.3 Å². The van der Waals surface area contributed by atoms with Crippen LogP contribution >= 0.6 is 0 Å². The highest BCUT2D eigenvalue weighted by Gasteiger charge is 2.10. The van der Waals surface area contributed by atoms with Crippen LogP contribution in [0.25, 0.3) is 0 Å². The van der Waals surface area contributed by atoms with Crippen LogP contribution in [-0.2, 0) is 8.85 Å². The van der Waals surface area contributed by atoms with E-state index in [1.165, 1.54) is 5.20 Å². The minimum Gasteiger partial charge on any atom is -0.397 e. The zero-order valence-electron chi connectivity index (χ0n) is 8.33. The first kappa shape index (κ1) is 11.6. The first-order chi connectivity index (χ1) is 5.76. The van der Waals surface area contributed by atoms with E-state index in [2.05, 4.69) is 19.1 Å². The van der Waals surface area contributed by atoms with Gasteiger partial charge in [0, 0.05) is 14.2 Å². The largest absolute Gasteiger partial charge is 0.397 e. The van der Waals surface area contributed by atoms with Crippen molar-refractivity contribution in [3.63, 3.8) is 0 Å². The molecule has 0 saturated heterocycles. The van der Waals surface area contributed by atoms with E-state index in [1.54, 1.807) is 14.2 Å². The van der Waals surface area contributed by atoms with Crippen LogP contribution in [0.1, 0.15) is 20.3 Å². The van der Waals surface area contributed by atoms with Crippen LogP contribution in [0, 0.1) is 0 Å². The van der Waals surface area contributed by atoms with E-state index in [1.807, 2.05) is 13.0 Å². The maximum Gasteiger partial charge on any atom is 0.350 e. The van der Waals surface area contributed by atoms with Crippen LogP contribution < -0.4 is 0 Å². The van der Waals surface area contributed by atoms with E-state index in [-0.39, 0.29) is 0 Å². The molecule has 0 radical (unpaired) electrons. The van der Waals surface area contributed by atoms with E-state index in [0.717, 1.165) is 6.42 Å². The molecule has 0 aromatic carbocycles. The second-order valence-electron chi connectivity index (χ2n) is 2.55. The summed E-state index contributed by atoms with van der Waals surface area (Å²) in [6, 6.07) is 0. The lowest BCUT2D eigenvalue weighted by Gasteiger charge is -2.09. The summed E-state index contributed by atoms with van der Waals surface area (Å²) in [5.74, 6) is 0. The van der Waals surface area contributed by atoms with Crippen LogP contribution in [0.15, 0.2) is 23.4 Å². The van der Waals surface area contributed by atoms with Gasteiger partial charge in [-0.15, -0.1) is 0 Å². The Morgan fingerprint density at radius 1 is 1.33 bits per heavy atom. The third-order valence-corrected chi connectivity index (χ3v) is 3.32. The molecule has 3 heteroatoms. The van der Waals surface area contributed by atoms with Crippen LogP contribution in [0.2, 0.25) is 0 Å². The second-order valence-corrected chi connectivity index (χ2v) is 5.07. The Balaban J connectivity index is 4.04. The maximum absolute atomic E-state index is 5.21. The predicted octanol–water partition coefficient (Wildman–Crippen LogP) is 1.95. The monoisotopic (exact) mass is 186 g/mol. The molecule has 0 saturated carbocycles. The number of allylic oxidation sites excluding steroid dienone is 4. The average molecular weight is 186 g/mol. The lowest BCUT2D eigenvalue weighted by atomic mass is 10.4. The van der Waals surface area contributed by atoms with Gasteiger partial charge in [-0.3, -0.25) is 0 Å². The SMILES string of the molecule is CCC=CC=C(C)[SiH](OC)OC. The molecule has 0 heterocycles. The molecule has 0 spiro atoms. The number of rotatable bonds is 5. The first-order valence-electron chi connectivity index (χ1n) is 4.15. The van der Waals surface area contributed by atoms with Crippen LogP contribution in [0.3, 0.4) is 0 Å². The zero-order chi connectivity index (χ0) is 9.40. The highest BCUT2D eigenvalue weighted by atomic mass is 28.3. The Kier molecular flexibility index (Phi) is 7.04. The zero-order valence-corrected chi connectivity index (χ0v) is 9.49. The van der Waals surface area contributed by atoms with Gasteiger partial charge in [0.15, 0.2) is 0 Å². The standard InChI is InChI=1S/C9H18O2Si/c1-5-6-7-8-9(2)12(10-3)11-4/h6-8,12H,5H2,1-4H3. The van der Waals surface area contributed by atoms with Crippen LogP contribution in [-0.4, -0.2) is 23.5 Å². The normalized spacial score (nSPS) is 13.2. The summed E-state index contributed by atoms with van der Waals surface area (Å²) in [7, 11) is 1.87. The van der Waals surface area contributed by atoms with Crippen molar-refractivity contribution < 1.29 is 8.85 Å². The molecular weight excluding hydrogens is 168 g/mol. The lowest BCUT2D eigenvalue weighted by molar-refractivity contribution is 0.287. The molecule has 0 aromatic rings. The van der Waals surface area contributed by atoms with Gasteiger partial charge in [-0.25, -0.2) is 0 Å². The van der Waals surface area contributed by atoms with E-state index >= 15 is 0 Å². The average Bonchev–Trinajstić information content (AvgIpc) is 2.07. The van der Waals surface area contributed by atoms with Crippen molar-refractivity contribution in [1.82, 2.24) is 0 Å². The fourth-order valence-electron chi connectivity index (χ4n) is 0.902. The van der Waals surface area contributed by atoms with Gasteiger partial charge in [0.1, 0.15) is 0 Å².